The lowest BCUT2D eigenvalue weighted by atomic mass is 10.1. The highest BCUT2D eigenvalue weighted by Gasteiger charge is 2.26. The van der Waals surface area contributed by atoms with E-state index in [4.69, 9.17) is 9.84 Å². The molecule has 0 aliphatic carbocycles. The van der Waals surface area contributed by atoms with Crippen LogP contribution in [0.3, 0.4) is 0 Å². The molecule has 0 bridgehead atoms. The molecular weight excluding hydrogens is 297 g/mol. The quantitative estimate of drug-likeness (QED) is 0.860. The largest absolute Gasteiger partial charge is 0.481 e. The van der Waals surface area contributed by atoms with Crippen molar-refractivity contribution in [2.45, 2.75) is 17.4 Å². The van der Waals surface area contributed by atoms with Gasteiger partial charge in [0.25, 0.3) is 5.91 Å². The smallest absolute Gasteiger partial charge is 0.306 e. The molecule has 1 amide bonds. The zero-order chi connectivity index (χ0) is 15.4. The molecule has 114 valence electrons. The minimum atomic E-state index is -0.958. The van der Waals surface area contributed by atoms with Crippen LogP contribution in [-0.2, 0) is 9.53 Å². The van der Waals surface area contributed by atoms with E-state index in [9.17, 15) is 14.0 Å². The van der Waals surface area contributed by atoms with Gasteiger partial charge in [0.15, 0.2) is 0 Å². The van der Waals surface area contributed by atoms with Crippen LogP contribution in [0.25, 0.3) is 0 Å². The number of hydrogen-bond acceptors (Lipinski definition) is 4. The van der Waals surface area contributed by atoms with E-state index in [0.29, 0.717) is 23.6 Å². The van der Waals surface area contributed by atoms with Gasteiger partial charge in [0.05, 0.1) is 19.1 Å². The van der Waals surface area contributed by atoms with E-state index in [1.807, 2.05) is 0 Å². The van der Waals surface area contributed by atoms with Gasteiger partial charge in [-0.2, -0.15) is 0 Å². The van der Waals surface area contributed by atoms with Crippen LogP contribution in [0, 0.1) is 5.82 Å². The highest BCUT2D eigenvalue weighted by atomic mass is 32.2. The highest BCUT2D eigenvalue weighted by molar-refractivity contribution is 7.98. The zero-order valence-corrected chi connectivity index (χ0v) is 12.4. The van der Waals surface area contributed by atoms with Crippen molar-refractivity contribution in [3.63, 3.8) is 0 Å². The Morgan fingerprint density at radius 2 is 2.29 bits per heavy atom. The Morgan fingerprint density at radius 1 is 1.52 bits per heavy atom. The van der Waals surface area contributed by atoms with Crippen LogP contribution >= 0.6 is 11.8 Å². The van der Waals surface area contributed by atoms with Crippen molar-refractivity contribution >= 4 is 23.6 Å². The van der Waals surface area contributed by atoms with Crippen LogP contribution in [0.1, 0.15) is 16.8 Å². The summed E-state index contributed by atoms with van der Waals surface area (Å²) in [6.07, 6.45) is 1.11. The number of amides is 1. The first-order valence-corrected chi connectivity index (χ1v) is 7.70. The van der Waals surface area contributed by atoms with E-state index in [1.165, 1.54) is 30.0 Å². The fraction of sp³-hybridized carbons (Fsp3) is 0.429. The minimum Gasteiger partial charge on any atom is -0.481 e. The average molecular weight is 313 g/mol. The number of carboxylic acids is 1. The normalized spacial score (nSPS) is 18.6. The van der Waals surface area contributed by atoms with Gasteiger partial charge >= 0.3 is 5.97 Å². The summed E-state index contributed by atoms with van der Waals surface area (Å²) in [5.74, 6) is -1.55. The van der Waals surface area contributed by atoms with Crippen LogP contribution in [-0.4, -0.2) is 53.9 Å². The summed E-state index contributed by atoms with van der Waals surface area (Å²) >= 11 is 1.23. The topological polar surface area (TPSA) is 66.8 Å². The van der Waals surface area contributed by atoms with Crippen LogP contribution in [0.2, 0.25) is 0 Å². The molecule has 21 heavy (non-hydrogen) atoms. The third-order valence-electron chi connectivity index (χ3n) is 3.23. The third-order valence-corrected chi connectivity index (χ3v) is 3.98. The Labute approximate surface area is 126 Å². The lowest BCUT2D eigenvalue weighted by molar-refractivity contribution is -0.141. The SMILES string of the molecule is CSc1cc(C(=O)N2CCOC(CC(=O)O)C2)ccc1F. The predicted molar refractivity (Wildman–Crippen MR) is 76.1 cm³/mol. The van der Waals surface area contributed by atoms with Crippen LogP contribution < -0.4 is 0 Å². The number of nitrogens with zero attached hydrogens (tertiary/aromatic N) is 1. The number of rotatable bonds is 4. The lowest BCUT2D eigenvalue weighted by Gasteiger charge is -2.32. The number of aliphatic carboxylic acids is 1. The van der Waals surface area contributed by atoms with Crippen molar-refractivity contribution in [3.8, 4) is 0 Å². The number of carbonyl (C=O) groups is 2. The van der Waals surface area contributed by atoms with Crippen LogP contribution in [0.4, 0.5) is 4.39 Å². The number of carboxylic acid groups (broad SMARTS) is 1. The van der Waals surface area contributed by atoms with Crippen LogP contribution in [0.15, 0.2) is 23.1 Å². The maximum atomic E-state index is 13.5. The standard InChI is InChI=1S/C14H16FNO4S/c1-21-12-6-9(2-3-11(12)15)14(19)16-4-5-20-10(8-16)7-13(17)18/h2-3,6,10H,4-5,7-8H2,1H3,(H,17,18). The Hall–Kier alpha value is -1.60. The van der Waals surface area contributed by atoms with Crippen molar-refractivity contribution in [3.05, 3.63) is 29.6 Å². The summed E-state index contributed by atoms with van der Waals surface area (Å²) in [5, 5.41) is 8.78. The second-order valence-electron chi connectivity index (χ2n) is 4.69. The molecule has 1 fully saturated rings. The molecule has 1 aliphatic heterocycles. The summed E-state index contributed by atoms with van der Waals surface area (Å²) in [6.45, 7) is 0.943. The molecule has 0 radical (unpaired) electrons. The maximum Gasteiger partial charge on any atom is 0.306 e. The van der Waals surface area contributed by atoms with Gasteiger partial charge in [0.1, 0.15) is 5.82 Å². The third kappa shape index (κ3) is 3.95. The molecule has 1 saturated heterocycles. The van der Waals surface area contributed by atoms with Gasteiger partial charge in [-0.05, 0) is 24.5 Å². The maximum absolute atomic E-state index is 13.5. The van der Waals surface area contributed by atoms with Gasteiger partial charge in [0, 0.05) is 23.5 Å². The van der Waals surface area contributed by atoms with E-state index in [0.717, 1.165) is 0 Å². The number of morpholine rings is 1. The van der Waals surface area contributed by atoms with Crippen molar-refractivity contribution in [1.29, 1.82) is 0 Å². The number of ether oxygens (including phenoxy) is 1. The molecule has 1 aromatic carbocycles. The van der Waals surface area contributed by atoms with E-state index in [-0.39, 0.29) is 24.7 Å². The van der Waals surface area contributed by atoms with E-state index >= 15 is 0 Å². The molecule has 7 heteroatoms. The van der Waals surface area contributed by atoms with Crippen molar-refractivity contribution < 1.29 is 23.8 Å². The van der Waals surface area contributed by atoms with E-state index in [1.54, 1.807) is 11.2 Å². The molecule has 1 aliphatic rings. The monoisotopic (exact) mass is 313 g/mol. The van der Waals surface area contributed by atoms with Crippen molar-refractivity contribution in [1.82, 2.24) is 4.90 Å². The van der Waals surface area contributed by atoms with Crippen LogP contribution in [0.5, 0.6) is 0 Å². The molecule has 1 aromatic rings. The molecule has 1 heterocycles. The van der Waals surface area contributed by atoms with Gasteiger partial charge in [-0.1, -0.05) is 0 Å². The first-order valence-electron chi connectivity index (χ1n) is 6.47. The summed E-state index contributed by atoms with van der Waals surface area (Å²) in [7, 11) is 0. The average Bonchev–Trinajstić information content (AvgIpc) is 2.46. The van der Waals surface area contributed by atoms with E-state index < -0.39 is 12.1 Å². The summed E-state index contributed by atoms with van der Waals surface area (Å²) in [4.78, 5) is 25.1. The number of halogens is 1. The van der Waals surface area contributed by atoms with Gasteiger partial charge in [-0.15, -0.1) is 11.8 Å². The molecule has 1 N–H and O–H groups in total. The number of benzene rings is 1. The fourth-order valence-corrected chi connectivity index (χ4v) is 2.71. The predicted octanol–water partition coefficient (Wildman–Crippen LogP) is 1.86. The Bertz CT molecular complexity index is 552. The lowest BCUT2D eigenvalue weighted by Crippen LogP contribution is -2.46. The Morgan fingerprint density at radius 3 is 2.95 bits per heavy atom. The fourth-order valence-electron chi connectivity index (χ4n) is 2.20. The molecule has 1 unspecified atom stereocenters. The van der Waals surface area contributed by atoms with Gasteiger partial charge in [-0.25, -0.2) is 4.39 Å². The summed E-state index contributed by atoms with van der Waals surface area (Å²) < 4.78 is 18.8. The molecular formula is C14H16FNO4S. The molecule has 0 saturated carbocycles. The Kier molecular flexibility index (Phi) is 5.19. The first-order chi connectivity index (χ1) is 10.0. The van der Waals surface area contributed by atoms with Crippen molar-refractivity contribution in [2.75, 3.05) is 26.0 Å². The van der Waals surface area contributed by atoms with Gasteiger partial charge in [0.2, 0.25) is 0 Å². The highest BCUT2D eigenvalue weighted by Crippen LogP contribution is 2.22. The second kappa shape index (κ2) is 6.91. The van der Waals surface area contributed by atoms with Gasteiger partial charge in [-0.3, -0.25) is 9.59 Å². The second-order valence-corrected chi connectivity index (χ2v) is 5.54. The number of hydrogen-bond donors (Lipinski definition) is 1. The molecule has 2 rings (SSSR count). The molecule has 0 aromatic heterocycles. The Balaban J connectivity index is 2.10. The van der Waals surface area contributed by atoms with Gasteiger partial charge < -0.3 is 14.7 Å². The summed E-state index contributed by atoms with van der Waals surface area (Å²) in [5.41, 5.74) is 0.400. The molecule has 0 spiro atoms. The van der Waals surface area contributed by atoms with E-state index in [2.05, 4.69) is 0 Å². The summed E-state index contributed by atoms with van der Waals surface area (Å²) in [6, 6.07) is 4.23. The van der Waals surface area contributed by atoms with Crippen molar-refractivity contribution in [2.24, 2.45) is 0 Å². The zero-order valence-electron chi connectivity index (χ0n) is 11.5. The molecule has 1 atom stereocenters. The molecule has 5 nitrogen and oxygen atoms in total. The number of thioether (sulfide) groups is 1. The number of carbonyl (C=O) groups excluding carboxylic acids is 1. The first kappa shape index (κ1) is 15.8. The minimum absolute atomic E-state index is 0.136.